The van der Waals surface area contributed by atoms with E-state index in [-0.39, 0.29) is 4.90 Å². The van der Waals surface area contributed by atoms with E-state index in [1.807, 2.05) is 0 Å². The molecule has 0 radical (unpaired) electrons. The van der Waals surface area contributed by atoms with Gasteiger partial charge in [-0.2, -0.15) is 0 Å². The van der Waals surface area contributed by atoms with Gasteiger partial charge < -0.3 is 9.47 Å². The van der Waals surface area contributed by atoms with Crippen LogP contribution in [-0.2, 0) is 14.9 Å². The standard InChI is InChI=1S/C12H15NO5S/c14-19(15,13-5-1-8-18-13)10-3-4-11-12(9-10)17-7-2-6-16-11/h3-4,9H,1-2,5-8H2. The molecule has 3 rings (SSSR count). The summed E-state index contributed by atoms with van der Waals surface area (Å²) in [6.45, 7) is 1.92. The van der Waals surface area contributed by atoms with Gasteiger partial charge in [0.05, 0.1) is 24.7 Å². The lowest BCUT2D eigenvalue weighted by Gasteiger charge is -2.15. The number of hydrogen-bond acceptors (Lipinski definition) is 5. The predicted molar refractivity (Wildman–Crippen MR) is 66.5 cm³/mol. The largest absolute Gasteiger partial charge is 0.490 e. The highest BCUT2D eigenvalue weighted by atomic mass is 32.2. The van der Waals surface area contributed by atoms with Crippen LogP contribution in [0, 0.1) is 0 Å². The van der Waals surface area contributed by atoms with E-state index in [1.165, 1.54) is 12.1 Å². The van der Waals surface area contributed by atoms with E-state index in [9.17, 15) is 8.42 Å². The summed E-state index contributed by atoms with van der Waals surface area (Å²) in [4.78, 5) is 5.28. The fourth-order valence-electron chi connectivity index (χ4n) is 2.04. The Bertz CT molecular complexity index is 565. The Morgan fingerprint density at radius 2 is 1.79 bits per heavy atom. The second kappa shape index (κ2) is 4.99. The summed E-state index contributed by atoms with van der Waals surface area (Å²) < 4.78 is 36.6. The molecule has 2 heterocycles. The van der Waals surface area contributed by atoms with Crippen molar-refractivity contribution in [3.05, 3.63) is 18.2 Å². The van der Waals surface area contributed by atoms with Crippen molar-refractivity contribution >= 4 is 10.0 Å². The zero-order valence-electron chi connectivity index (χ0n) is 10.4. The van der Waals surface area contributed by atoms with E-state index in [0.717, 1.165) is 10.9 Å². The maximum Gasteiger partial charge on any atom is 0.265 e. The Hall–Kier alpha value is -1.31. The van der Waals surface area contributed by atoms with Crippen LogP contribution in [0.1, 0.15) is 12.8 Å². The number of nitrogens with zero attached hydrogens (tertiary/aromatic N) is 1. The number of ether oxygens (including phenoxy) is 2. The molecule has 1 saturated heterocycles. The quantitative estimate of drug-likeness (QED) is 0.816. The van der Waals surface area contributed by atoms with E-state index in [1.54, 1.807) is 6.07 Å². The molecule has 0 saturated carbocycles. The summed E-state index contributed by atoms with van der Waals surface area (Å²) in [5, 5.41) is 0. The Morgan fingerprint density at radius 3 is 2.53 bits per heavy atom. The highest BCUT2D eigenvalue weighted by molar-refractivity contribution is 7.89. The molecule has 19 heavy (non-hydrogen) atoms. The molecule has 0 aliphatic carbocycles. The third-order valence-electron chi connectivity index (χ3n) is 3.01. The first-order valence-electron chi connectivity index (χ1n) is 6.23. The van der Waals surface area contributed by atoms with Crippen LogP contribution in [0.5, 0.6) is 11.5 Å². The summed E-state index contributed by atoms with van der Waals surface area (Å²) >= 11 is 0. The minimum atomic E-state index is -3.61. The number of hydrogen-bond donors (Lipinski definition) is 0. The molecular weight excluding hydrogens is 270 g/mol. The number of fused-ring (bicyclic) bond motifs is 1. The number of rotatable bonds is 2. The fourth-order valence-corrected chi connectivity index (χ4v) is 3.35. The van der Waals surface area contributed by atoms with E-state index in [0.29, 0.717) is 44.3 Å². The molecule has 104 valence electrons. The van der Waals surface area contributed by atoms with Gasteiger partial charge >= 0.3 is 0 Å². The molecular formula is C12H15NO5S. The first-order valence-corrected chi connectivity index (χ1v) is 7.67. The lowest BCUT2D eigenvalue weighted by molar-refractivity contribution is -0.0284. The number of hydroxylamine groups is 1. The van der Waals surface area contributed by atoms with Gasteiger partial charge in [-0.25, -0.2) is 8.42 Å². The average Bonchev–Trinajstić information content (AvgIpc) is 2.85. The maximum atomic E-state index is 12.3. The zero-order valence-corrected chi connectivity index (χ0v) is 11.2. The highest BCUT2D eigenvalue weighted by Crippen LogP contribution is 2.33. The van der Waals surface area contributed by atoms with Gasteiger partial charge in [0, 0.05) is 19.0 Å². The lowest BCUT2D eigenvalue weighted by atomic mass is 10.3. The van der Waals surface area contributed by atoms with E-state index in [2.05, 4.69) is 0 Å². The first-order chi connectivity index (χ1) is 9.18. The minimum Gasteiger partial charge on any atom is -0.490 e. The molecule has 0 amide bonds. The zero-order chi connectivity index (χ0) is 13.3. The topological polar surface area (TPSA) is 65.1 Å². The number of sulfonamides is 1. The van der Waals surface area contributed by atoms with Gasteiger partial charge in [-0.15, -0.1) is 0 Å². The molecule has 1 aromatic rings. The molecule has 0 spiro atoms. The van der Waals surface area contributed by atoms with Gasteiger partial charge in [0.15, 0.2) is 11.5 Å². The molecule has 1 fully saturated rings. The van der Waals surface area contributed by atoms with Crippen molar-refractivity contribution in [3.8, 4) is 11.5 Å². The smallest absolute Gasteiger partial charge is 0.265 e. The lowest BCUT2D eigenvalue weighted by Crippen LogP contribution is -2.26. The predicted octanol–water partition coefficient (Wildman–Crippen LogP) is 1.17. The maximum absolute atomic E-state index is 12.3. The van der Waals surface area contributed by atoms with Gasteiger partial charge in [-0.3, -0.25) is 4.84 Å². The van der Waals surface area contributed by atoms with E-state index in [4.69, 9.17) is 14.3 Å². The molecule has 1 aromatic carbocycles. The van der Waals surface area contributed by atoms with Crippen molar-refractivity contribution in [2.75, 3.05) is 26.4 Å². The fraction of sp³-hybridized carbons (Fsp3) is 0.500. The third kappa shape index (κ3) is 2.41. The van der Waals surface area contributed by atoms with Crippen molar-refractivity contribution in [2.24, 2.45) is 0 Å². The Labute approximate surface area is 111 Å². The van der Waals surface area contributed by atoms with Crippen molar-refractivity contribution in [1.29, 1.82) is 0 Å². The van der Waals surface area contributed by atoms with Crippen LogP contribution in [0.25, 0.3) is 0 Å². The Balaban J connectivity index is 1.95. The minimum absolute atomic E-state index is 0.165. The van der Waals surface area contributed by atoms with Crippen molar-refractivity contribution in [1.82, 2.24) is 4.47 Å². The van der Waals surface area contributed by atoms with Crippen LogP contribution in [0.3, 0.4) is 0 Å². The summed E-state index contributed by atoms with van der Waals surface area (Å²) in [7, 11) is -3.61. The van der Waals surface area contributed by atoms with Gasteiger partial charge in [-0.1, -0.05) is 4.47 Å². The third-order valence-corrected chi connectivity index (χ3v) is 4.68. The van der Waals surface area contributed by atoms with E-state index < -0.39 is 10.0 Å². The van der Waals surface area contributed by atoms with E-state index >= 15 is 0 Å². The van der Waals surface area contributed by atoms with Gasteiger partial charge in [-0.05, 0) is 18.6 Å². The second-order valence-corrected chi connectivity index (χ2v) is 6.21. The van der Waals surface area contributed by atoms with Gasteiger partial charge in [0.25, 0.3) is 10.0 Å². The van der Waals surface area contributed by atoms with Crippen molar-refractivity contribution in [3.63, 3.8) is 0 Å². The van der Waals surface area contributed by atoms with Crippen LogP contribution >= 0.6 is 0 Å². The SMILES string of the molecule is O=S(=O)(c1ccc2c(c1)OCCCO2)N1CCCO1. The molecule has 7 heteroatoms. The molecule has 2 aliphatic rings. The summed E-state index contributed by atoms with van der Waals surface area (Å²) in [5.41, 5.74) is 0. The van der Waals surface area contributed by atoms with Crippen LogP contribution in [0.15, 0.2) is 23.1 Å². The highest BCUT2D eigenvalue weighted by Gasteiger charge is 2.29. The molecule has 0 bridgehead atoms. The Kier molecular flexibility index (Phi) is 3.34. The molecule has 2 aliphatic heterocycles. The monoisotopic (exact) mass is 285 g/mol. The second-order valence-electron chi connectivity index (χ2n) is 4.38. The number of benzene rings is 1. The van der Waals surface area contributed by atoms with Crippen LogP contribution in [-0.4, -0.2) is 39.3 Å². The summed E-state index contributed by atoms with van der Waals surface area (Å²) in [5.74, 6) is 1.05. The van der Waals surface area contributed by atoms with Crippen LogP contribution < -0.4 is 9.47 Å². The molecule has 0 N–H and O–H groups in total. The van der Waals surface area contributed by atoms with Gasteiger partial charge in [0.1, 0.15) is 0 Å². The molecule has 6 nitrogen and oxygen atoms in total. The van der Waals surface area contributed by atoms with Crippen molar-refractivity contribution in [2.45, 2.75) is 17.7 Å². The van der Waals surface area contributed by atoms with Gasteiger partial charge in [0.2, 0.25) is 0 Å². The summed E-state index contributed by atoms with van der Waals surface area (Å²) in [6, 6.07) is 4.64. The average molecular weight is 285 g/mol. The van der Waals surface area contributed by atoms with Crippen molar-refractivity contribution < 1.29 is 22.7 Å². The van der Waals surface area contributed by atoms with Crippen LogP contribution in [0.4, 0.5) is 0 Å². The Morgan fingerprint density at radius 1 is 1.00 bits per heavy atom. The molecule has 0 aromatic heterocycles. The normalized spacial score (nSPS) is 20.2. The molecule has 0 unspecified atom stereocenters. The molecule has 0 atom stereocenters. The van der Waals surface area contributed by atoms with Crippen LogP contribution in [0.2, 0.25) is 0 Å². The summed E-state index contributed by atoms with van der Waals surface area (Å²) in [6.07, 6.45) is 1.50. The first kappa shape index (κ1) is 12.7.